The number of nitrogens with zero attached hydrogens (tertiary/aromatic N) is 1. The summed E-state index contributed by atoms with van der Waals surface area (Å²) in [6.07, 6.45) is 62.5. The molecule has 2 N–H and O–H groups in total. The Bertz CT molecular complexity index is 1140. The first-order chi connectivity index (χ1) is 32.5. The molecule has 0 aromatic heterocycles. The van der Waals surface area contributed by atoms with Gasteiger partial charge in [0, 0.05) is 6.42 Å². The highest BCUT2D eigenvalue weighted by Crippen LogP contribution is 2.38. The van der Waals surface area contributed by atoms with Crippen LogP contribution in [0.15, 0.2) is 24.3 Å². The van der Waals surface area contributed by atoms with E-state index in [-0.39, 0.29) is 19.1 Å². The summed E-state index contributed by atoms with van der Waals surface area (Å²) in [6.45, 7) is 4.69. The number of carbonyl (C=O) groups is 1. The Balaban J connectivity index is 4.20. The van der Waals surface area contributed by atoms with Crippen molar-refractivity contribution >= 4 is 13.7 Å². The number of nitrogens with one attached hydrogen (secondary N) is 1. The van der Waals surface area contributed by atoms with Crippen LogP contribution >= 0.6 is 7.82 Å². The molecule has 0 aliphatic carbocycles. The van der Waals surface area contributed by atoms with Gasteiger partial charge >= 0.3 is 0 Å². The lowest BCUT2D eigenvalue weighted by atomic mass is 10.0. The second kappa shape index (κ2) is 49.9. The molecule has 0 heterocycles. The Morgan fingerprint density at radius 2 is 0.821 bits per heavy atom. The largest absolute Gasteiger partial charge is 0.756 e. The summed E-state index contributed by atoms with van der Waals surface area (Å²) in [5, 5.41) is 13.9. The first kappa shape index (κ1) is 66.0. The predicted molar refractivity (Wildman–Crippen MR) is 289 cm³/mol. The molecule has 0 rings (SSSR count). The zero-order chi connectivity index (χ0) is 49.2. The summed E-state index contributed by atoms with van der Waals surface area (Å²) >= 11 is 0. The third-order valence-electron chi connectivity index (χ3n) is 13.4. The lowest BCUT2D eigenvalue weighted by Gasteiger charge is -2.29. The van der Waals surface area contributed by atoms with Gasteiger partial charge in [0.15, 0.2) is 0 Å². The maximum atomic E-state index is 13.0. The molecular weight excluding hydrogens is 852 g/mol. The van der Waals surface area contributed by atoms with Gasteiger partial charge in [-0.05, 0) is 44.9 Å². The normalized spacial score (nSPS) is 14.1. The van der Waals surface area contributed by atoms with E-state index in [1.807, 2.05) is 27.2 Å². The van der Waals surface area contributed by atoms with Crippen LogP contribution in [-0.4, -0.2) is 68.5 Å². The first-order valence-electron chi connectivity index (χ1n) is 29.2. The summed E-state index contributed by atoms with van der Waals surface area (Å²) in [7, 11) is 1.27. The van der Waals surface area contributed by atoms with Crippen molar-refractivity contribution in [3.05, 3.63) is 24.3 Å². The van der Waals surface area contributed by atoms with Crippen LogP contribution in [0.4, 0.5) is 0 Å². The molecule has 1 amide bonds. The molecule has 0 saturated carbocycles. The third-order valence-corrected chi connectivity index (χ3v) is 14.4. The van der Waals surface area contributed by atoms with Crippen molar-refractivity contribution in [1.29, 1.82) is 0 Å². The van der Waals surface area contributed by atoms with E-state index in [1.54, 1.807) is 6.08 Å². The zero-order valence-electron chi connectivity index (χ0n) is 45.4. The molecule has 0 spiro atoms. The number of hydrogen-bond acceptors (Lipinski definition) is 6. The average molecular weight is 968 g/mol. The van der Waals surface area contributed by atoms with Gasteiger partial charge in [0.2, 0.25) is 5.91 Å². The summed E-state index contributed by atoms with van der Waals surface area (Å²) in [6, 6.07) is -0.887. The molecule has 0 aromatic rings. The lowest BCUT2D eigenvalue weighted by molar-refractivity contribution is -0.870. The Hall–Kier alpha value is -1.02. The molecule has 0 bridgehead atoms. The number of quaternary nitrogens is 1. The van der Waals surface area contributed by atoms with Crippen LogP contribution in [0.2, 0.25) is 0 Å². The van der Waals surface area contributed by atoms with E-state index in [0.29, 0.717) is 17.4 Å². The highest BCUT2D eigenvalue weighted by Gasteiger charge is 2.23. The fraction of sp³-hybridized carbons (Fsp3) is 0.914. The number of allylic oxidation sites excluding steroid dienone is 3. The van der Waals surface area contributed by atoms with E-state index in [9.17, 15) is 19.4 Å². The molecule has 0 radical (unpaired) electrons. The standard InChI is InChI=1S/C58H115N2O6P/c1-6-8-10-12-14-16-18-20-22-24-26-28-29-30-32-34-36-38-40-42-44-46-48-50-52-58(62)59-56(55-66-67(63,64)65-54-53-60(3,4)5)57(61)51-49-47-45-43-41-39-37-35-33-31-27-25-23-21-19-17-15-13-11-9-7-2/h30,32,49,51,56-57,61H,6-29,31,33-48,50,52-55H2,1-5H3,(H-,59,62,63,64)/b32-30-,51-49+. The van der Waals surface area contributed by atoms with Gasteiger partial charge in [0.05, 0.1) is 39.9 Å². The van der Waals surface area contributed by atoms with Gasteiger partial charge in [-0.3, -0.25) is 9.36 Å². The van der Waals surface area contributed by atoms with Crippen molar-refractivity contribution in [1.82, 2.24) is 5.32 Å². The Kier molecular flexibility index (Phi) is 49.2. The van der Waals surface area contributed by atoms with Crippen molar-refractivity contribution in [3.63, 3.8) is 0 Å². The van der Waals surface area contributed by atoms with Crippen molar-refractivity contribution in [2.24, 2.45) is 0 Å². The number of aliphatic hydroxyl groups is 1. The molecule has 0 saturated heterocycles. The molecule has 0 aliphatic heterocycles. The quantitative estimate of drug-likeness (QED) is 0.0272. The van der Waals surface area contributed by atoms with E-state index in [1.165, 1.54) is 231 Å². The number of rotatable bonds is 54. The van der Waals surface area contributed by atoms with Gasteiger partial charge in [-0.2, -0.15) is 0 Å². The van der Waals surface area contributed by atoms with Crippen LogP contribution in [0, 0.1) is 0 Å². The minimum Gasteiger partial charge on any atom is -0.756 e. The van der Waals surface area contributed by atoms with Crippen molar-refractivity contribution in [3.8, 4) is 0 Å². The molecule has 0 aliphatic rings. The van der Waals surface area contributed by atoms with Gasteiger partial charge < -0.3 is 28.8 Å². The molecular formula is C58H115N2O6P. The summed E-state index contributed by atoms with van der Waals surface area (Å²) in [4.78, 5) is 25.5. The topological polar surface area (TPSA) is 108 Å². The summed E-state index contributed by atoms with van der Waals surface area (Å²) in [5.41, 5.74) is 0. The Morgan fingerprint density at radius 3 is 1.16 bits per heavy atom. The molecule has 0 aromatic carbocycles. The molecule has 0 fully saturated rings. The molecule has 9 heteroatoms. The SMILES string of the molecule is CCCCCCCCCCCCCC/C=C\CCCCCCCCCCC(=O)NC(COP(=O)([O-])OCC[N+](C)(C)C)C(O)/C=C/CCCCCCCCCCCCCCCCCCCCC. The monoisotopic (exact) mass is 967 g/mol. The van der Waals surface area contributed by atoms with E-state index >= 15 is 0 Å². The molecule has 3 unspecified atom stereocenters. The number of carbonyl (C=O) groups excluding carboxylic acids is 1. The van der Waals surface area contributed by atoms with Crippen LogP contribution < -0.4 is 10.2 Å². The van der Waals surface area contributed by atoms with Gasteiger partial charge in [0.25, 0.3) is 7.82 Å². The van der Waals surface area contributed by atoms with E-state index in [0.717, 1.165) is 38.5 Å². The zero-order valence-corrected chi connectivity index (χ0v) is 46.3. The summed E-state index contributed by atoms with van der Waals surface area (Å²) in [5.74, 6) is -0.196. The maximum Gasteiger partial charge on any atom is 0.268 e. The predicted octanol–water partition coefficient (Wildman–Crippen LogP) is 17.0. The van der Waals surface area contributed by atoms with Gasteiger partial charge in [-0.15, -0.1) is 0 Å². The second-order valence-corrected chi connectivity index (χ2v) is 22.8. The van der Waals surface area contributed by atoms with Crippen molar-refractivity contribution in [2.75, 3.05) is 40.9 Å². The average Bonchev–Trinajstić information content (AvgIpc) is 3.29. The number of amides is 1. The van der Waals surface area contributed by atoms with Crippen LogP contribution in [0.3, 0.4) is 0 Å². The van der Waals surface area contributed by atoms with Crippen LogP contribution in [-0.2, 0) is 18.4 Å². The van der Waals surface area contributed by atoms with Gasteiger partial charge in [0.1, 0.15) is 13.2 Å². The van der Waals surface area contributed by atoms with Gasteiger partial charge in [-0.1, -0.05) is 263 Å². The number of unbranched alkanes of at least 4 members (excludes halogenated alkanes) is 39. The number of aliphatic hydroxyl groups excluding tert-OH is 1. The van der Waals surface area contributed by atoms with E-state index < -0.39 is 20.0 Å². The van der Waals surface area contributed by atoms with E-state index in [4.69, 9.17) is 9.05 Å². The third kappa shape index (κ3) is 52.6. The van der Waals surface area contributed by atoms with E-state index in [2.05, 4.69) is 31.3 Å². The number of likely N-dealkylation sites (N-methyl/N-ethyl adjacent to an activating group) is 1. The fourth-order valence-corrected chi connectivity index (χ4v) is 9.52. The molecule has 3 atom stereocenters. The fourth-order valence-electron chi connectivity index (χ4n) is 8.80. The van der Waals surface area contributed by atoms with Crippen molar-refractivity contribution in [2.45, 2.75) is 302 Å². The Morgan fingerprint density at radius 1 is 0.507 bits per heavy atom. The molecule has 67 heavy (non-hydrogen) atoms. The highest BCUT2D eigenvalue weighted by molar-refractivity contribution is 7.45. The first-order valence-corrected chi connectivity index (χ1v) is 30.7. The minimum absolute atomic E-state index is 0.000107. The van der Waals surface area contributed by atoms with Crippen molar-refractivity contribution < 1.29 is 32.9 Å². The van der Waals surface area contributed by atoms with Crippen LogP contribution in [0.25, 0.3) is 0 Å². The summed E-state index contributed by atoms with van der Waals surface area (Å²) < 4.78 is 23.4. The van der Waals surface area contributed by atoms with Crippen LogP contribution in [0.5, 0.6) is 0 Å². The Labute approximate surface area is 417 Å². The molecule has 8 nitrogen and oxygen atoms in total. The smallest absolute Gasteiger partial charge is 0.268 e. The lowest BCUT2D eigenvalue weighted by Crippen LogP contribution is -2.45. The van der Waals surface area contributed by atoms with Crippen LogP contribution in [0.1, 0.15) is 290 Å². The number of phosphoric acid groups is 1. The minimum atomic E-state index is -4.60. The second-order valence-electron chi connectivity index (χ2n) is 21.4. The van der Waals surface area contributed by atoms with Gasteiger partial charge in [-0.25, -0.2) is 0 Å². The maximum absolute atomic E-state index is 13.0. The highest BCUT2D eigenvalue weighted by atomic mass is 31.2. The number of phosphoric ester groups is 1. The number of hydrogen-bond donors (Lipinski definition) is 2. The molecule has 398 valence electrons.